The molecule has 1 aromatic rings. The zero-order valence-electron chi connectivity index (χ0n) is 14.9. The van der Waals surface area contributed by atoms with Crippen molar-refractivity contribution in [2.75, 3.05) is 19.8 Å². The van der Waals surface area contributed by atoms with Gasteiger partial charge in [0.25, 0.3) is 0 Å². The topological polar surface area (TPSA) is 18.5 Å². The standard InChI is InChI=1S/C21H34O2/c1-2-3-10-19-13-9-14-21(17-19)23-16-8-7-15-22-18-20-11-5-4-6-12-20/h9,13-14,17,20H,2-8,10-12,15-16,18H2,1H3. The molecule has 1 saturated carbocycles. The second-order valence-corrected chi connectivity index (χ2v) is 6.89. The molecule has 0 saturated heterocycles. The minimum absolute atomic E-state index is 0.796. The first-order valence-corrected chi connectivity index (χ1v) is 9.68. The Balaban J connectivity index is 1.50. The van der Waals surface area contributed by atoms with Crippen LogP contribution in [0.15, 0.2) is 24.3 Å². The Kier molecular flexibility index (Phi) is 9.16. The lowest BCUT2D eigenvalue weighted by Gasteiger charge is -2.21. The van der Waals surface area contributed by atoms with Crippen LogP contribution in [-0.2, 0) is 11.2 Å². The highest BCUT2D eigenvalue weighted by molar-refractivity contribution is 5.28. The Morgan fingerprint density at radius 3 is 2.65 bits per heavy atom. The summed E-state index contributed by atoms with van der Waals surface area (Å²) in [5.41, 5.74) is 1.39. The zero-order chi connectivity index (χ0) is 16.2. The van der Waals surface area contributed by atoms with Crippen molar-refractivity contribution in [2.24, 2.45) is 5.92 Å². The molecule has 0 aromatic heterocycles. The Hall–Kier alpha value is -1.02. The van der Waals surface area contributed by atoms with E-state index in [0.717, 1.165) is 50.8 Å². The molecule has 2 rings (SSSR count). The van der Waals surface area contributed by atoms with Gasteiger partial charge in [-0.05, 0) is 62.1 Å². The number of benzene rings is 1. The van der Waals surface area contributed by atoms with Crippen LogP contribution in [0, 0.1) is 5.92 Å². The zero-order valence-corrected chi connectivity index (χ0v) is 14.9. The van der Waals surface area contributed by atoms with Gasteiger partial charge >= 0.3 is 0 Å². The van der Waals surface area contributed by atoms with Crippen molar-refractivity contribution in [3.63, 3.8) is 0 Å². The van der Waals surface area contributed by atoms with E-state index in [9.17, 15) is 0 Å². The van der Waals surface area contributed by atoms with E-state index in [4.69, 9.17) is 9.47 Å². The lowest BCUT2D eigenvalue weighted by Crippen LogP contribution is -2.14. The third kappa shape index (κ3) is 7.87. The van der Waals surface area contributed by atoms with Crippen LogP contribution in [0.5, 0.6) is 5.75 Å². The average Bonchev–Trinajstić information content (AvgIpc) is 2.60. The van der Waals surface area contributed by atoms with Crippen molar-refractivity contribution in [2.45, 2.75) is 71.1 Å². The van der Waals surface area contributed by atoms with Gasteiger partial charge in [0.1, 0.15) is 5.75 Å². The number of ether oxygens (including phenoxy) is 2. The Labute approximate surface area is 142 Å². The largest absolute Gasteiger partial charge is 0.494 e. The molecule has 0 heterocycles. The van der Waals surface area contributed by atoms with Crippen LogP contribution in [0.2, 0.25) is 0 Å². The van der Waals surface area contributed by atoms with E-state index >= 15 is 0 Å². The molecule has 0 bridgehead atoms. The first kappa shape index (κ1) is 18.3. The molecular weight excluding hydrogens is 284 g/mol. The predicted molar refractivity (Wildman–Crippen MR) is 97.2 cm³/mol. The maximum Gasteiger partial charge on any atom is 0.119 e. The minimum Gasteiger partial charge on any atom is -0.494 e. The predicted octanol–water partition coefficient (Wildman–Crippen LogP) is 5.79. The van der Waals surface area contributed by atoms with E-state index in [-0.39, 0.29) is 0 Å². The fourth-order valence-corrected chi connectivity index (χ4v) is 3.27. The maximum atomic E-state index is 5.87. The van der Waals surface area contributed by atoms with Crippen molar-refractivity contribution in [3.05, 3.63) is 29.8 Å². The summed E-state index contributed by atoms with van der Waals surface area (Å²) in [7, 11) is 0. The quantitative estimate of drug-likeness (QED) is 0.481. The number of hydrogen-bond acceptors (Lipinski definition) is 2. The minimum atomic E-state index is 0.796. The van der Waals surface area contributed by atoms with Gasteiger partial charge in [0.15, 0.2) is 0 Å². The number of rotatable bonds is 11. The molecule has 0 unspecified atom stereocenters. The van der Waals surface area contributed by atoms with Gasteiger partial charge in [-0.2, -0.15) is 0 Å². The fourth-order valence-electron chi connectivity index (χ4n) is 3.27. The van der Waals surface area contributed by atoms with Crippen molar-refractivity contribution in [3.8, 4) is 5.75 Å². The Morgan fingerprint density at radius 2 is 1.83 bits per heavy atom. The SMILES string of the molecule is CCCCc1cccc(OCCCCOCC2CCCCC2)c1. The normalized spacial score (nSPS) is 15.7. The van der Waals surface area contributed by atoms with Gasteiger partial charge in [0.2, 0.25) is 0 Å². The summed E-state index contributed by atoms with van der Waals surface area (Å²) in [5.74, 6) is 1.84. The van der Waals surface area contributed by atoms with E-state index in [0.29, 0.717) is 0 Å². The van der Waals surface area contributed by atoms with Crippen LogP contribution in [-0.4, -0.2) is 19.8 Å². The molecule has 2 heteroatoms. The Bertz CT molecular complexity index is 410. The van der Waals surface area contributed by atoms with Gasteiger partial charge < -0.3 is 9.47 Å². The van der Waals surface area contributed by atoms with E-state index in [1.807, 2.05) is 0 Å². The highest BCUT2D eigenvalue weighted by atomic mass is 16.5. The molecule has 0 amide bonds. The summed E-state index contributed by atoms with van der Waals surface area (Å²) in [6.07, 6.45) is 12.8. The first-order chi connectivity index (χ1) is 11.4. The highest BCUT2D eigenvalue weighted by Crippen LogP contribution is 2.23. The fraction of sp³-hybridized carbons (Fsp3) is 0.714. The summed E-state index contributed by atoms with van der Waals surface area (Å²) in [5, 5.41) is 0. The molecule has 1 aromatic carbocycles. The van der Waals surface area contributed by atoms with Crippen molar-refractivity contribution in [1.82, 2.24) is 0 Å². The number of hydrogen-bond donors (Lipinski definition) is 0. The second-order valence-electron chi connectivity index (χ2n) is 6.89. The number of aryl methyl sites for hydroxylation is 1. The van der Waals surface area contributed by atoms with E-state index in [2.05, 4.69) is 31.2 Å². The van der Waals surface area contributed by atoms with Crippen LogP contribution in [0.4, 0.5) is 0 Å². The first-order valence-electron chi connectivity index (χ1n) is 9.68. The summed E-state index contributed by atoms with van der Waals surface area (Å²) < 4.78 is 11.7. The van der Waals surface area contributed by atoms with Crippen LogP contribution < -0.4 is 4.74 Å². The van der Waals surface area contributed by atoms with Crippen molar-refractivity contribution in [1.29, 1.82) is 0 Å². The lowest BCUT2D eigenvalue weighted by molar-refractivity contribution is 0.0807. The molecule has 0 spiro atoms. The van der Waals surface area contributed by atoms with Crippen LogP contribution in [0.3, 0.4) is 0 Å². The highest BCUT2D eigenvalue weighted by Gasteiger charge is 2.12. The third-order valence-electron chi connectivity index (χ3n) is 4.75. The molecule has 130 valence electrons. The van der Waals surface area contributed by atoms with Gasteiger partial charge in [-0.25, -0.2) is 0 Å². The third-order valence-corrected chi connectivity index (χ3v) is 4.75. The summed E-state index contributed by atoms with van der Waals surface area (Å²) >= 11 is 0. The lowest BCUT2D eigenvalue weighted by atomic mass is 9.90. The van der Waals surface area contributed by atoms with Gasteiger partial charge in [0.05, 0.1) is 6.61 Å². The smallest absolute Gasteiger partial charge is 0.119 e. The maximum absolute atomic E-state index is 5.87. The van der Waals surface area contributed by atoms with E-state index in [1.54, 1.807) is 0 Å². The van der Waals surface area contributed by atoms with Crippen LogP contribution in [0.25, 0.3) is 0 Å². The summed E-state index contributed by atoms with van der Waals surface area (Å²) in [4.78, 5) is 0. The Morgan fingerprint density at radius 1 is 1.00 bits per heavy atom. The van der Waals surface area contributed by atoms with Gasteiger partial charge in [-0.1, -0.05) is 44.7 Å². The van der Waals surface area contributed by atoms with Crippen molar-refractivity contribution < 1.29 is 9.47 Å². The monoisotopic (exact) mass is 318 g/mol. The average molecular weight is 319 g/mol. The van der Waals surface area contributed by atoms with Gasteiger partial charge in [-0.3, -0.25) is 0 Å². The molecule has 0 radical (unpaired) electrons. The molecule has 0 atom stereocenters. The van der Waals surface area contributed by atoms with Crippen LogP contribution in [0.1, 0.15) is 70.3 Å². The molecule has 1 fully saturated rings. The summed E-state index contributed by atoms with van der Waals surface area (Å²) in [6, 6.07) is 8.56. The van der Waals surface area contributed by atoms with Gasteiger partial charge in [-0.15, -0.1) is 0 Å². The van der Waals surface area contributed by atoms with E-state index < -0.39 is 0 Å². The second kappa shape index (κ2) is 11.5. The summed E-state index contributed by atoms with van der Waals surface area (Å²) in [6.45, 7) is 4.89. The van der Waals surface area contributed by atoms with E-state index in [1.165, 1.54) is 50.5 Å². The van der Waals surface area contributed by atoms with Crippen molar-refractivity contribution >= 4 is 0 Å². The molecule has 0 aliphatic heterocycles. The molecule has 1 aliphatic rings. The molecule has 2 nitrogen and oxygen atoms in total. The molecule has 1 aliphatic carbocycles. The van der Waals surface area contributed by atoms with Crippen LogP contribution >= 0.6 is 0 Å². The molecule has 0 N–H and O–H groups in total. The molecule has 23 heavy (non-hydrogen) atoms. The molecular formula is C21H34O2. The van der Waals surface area contributed by atoms with Gasteiger partial charge in [0, 0.05) is 13.2 Å². The number of unbranched alkanes of at least 4 members (excludes halogenated alkanes) is 2.